The summed E-state index contributed by atoms with van der Waals surface area (Å²) in [6.07, 6.45) is 3.27. The standard InChI is InChI=1S/C11H13B/c1-2-8-3-4-9-6-11(12)7-10(9)5-8/h3-5,11H,2,6-7H2,1H3. The molecule has 1 aromatic rings. The summed E-state index contributed by atoms with van der Waals surface area (Å²) < 4.78 is 0. The van der Waals surface area contributed by atoms with Crippen LogP contribution in [-0.4, -0.2) is 7.85 Å². The molecule has 1 aromatic carbocycles. The van der Waals surface area contributed by atoms with E-state index in [0.29, 0.717) is 5.82 Å². The Hall–Kier alpha value is -0.715. The molecular weight excluding hydrogens is 143 g/mol. The smallest absolute Gasteiger partial charge is 0.0694 e. The third kappa shape index (κ3) is 1.28. The minimum atomic E-state index is 0.368. The summed E-state index contributed by atoms with van der Waals surface area (Å²) in [6, 6.07) is 6.76. The van der Waals surface area contributed by atoms with Crippen LogP contribution in [0, 0.1) is 0 Å². The Labute approximate surface area is 75.4 Å². The zero-order valence-corrected chi connectivity index (χ0v) is 7.51. The number of rotatable bonds is 1. The van der Waals surface area contributed by atoms with Gasteiger partial charge in [-0.3, -0.25) is 0 Å². The van der Waals surface area contributed by atoms with Crippen LogP contribution in [0.2, 0.25) is 5.82 Å². The highest BCUT2D eigenvalue weighted by molar-refractivity contribution is 6.12. The molecule has 1 aliphatic rings. The molecule has 0 nitrogen and oxygen atoms in total. The number of hydrogen-bond acceptors (Lipinski definition) is 0. The molecule has 2 rings (SSSR count). The molecule has 1 heteroatoms. The Morgan fingerprint density at radius 2 is 2.08 bits per heavy atom. The molecule has 0 saturated carbocycles. The van der Waals surface area contributed by atoms with Gasteiger partial charge in [0.25, 0.3) is 0 Å². The third-order valence-electron chi connectivity index (χ3n) is 2.64. The first-order valence-corrected chi connectivity index (χ1v) is 4.66. The first-order chi connectivity index (χ1) is 5.79. The van der Waals surface area contributed by atoms with Crippen molar-refractivity contribution in [2.45, 2.75) is 32.0 Å². The predicted molar refractivity (Wildman–Crippen MR) is 52.7 cm³/mol. The van der Waals surface area contributed by atoms with Crippen LogP contribution < -0.4 is 0 Å². The molecule has 0 heterocycles. The van der Waals surface area contributed by atoms with Crippen molar-refractivity contribution in [3.63, 3.8) is 0 Å². The lowest BCUT2D eigenvalue weighted by Gasteiger charge is -2.01. The Morgan fingerprint density at radius 3 is 2.83 bits per heavy atom. The van der Waals surface area contributed by atoms with Gasteiger partial charge in [0.2, 0.25) is 0 Å². The van der Waals surface area contributed by atoms with Gasteiger partial charge in [-0.2, -0.15) is 0 Å². The molecule has 60 valence electrons. The SMILES string of the molecule is [B]C1Cc2ccc(CC)cc2C1. The van der Waals surface area contributed by atoms with Crippen molar-refractivity contribution in [1.82, 2.24) is 0 Å². The summed E-state index contributed by atoms with van der Waals surface area (Å²) in [4.78, 5) is 0. The van der Waals surface area contributed by atoms with Gasteiger partial charge in [-0.25, -0.2) is 0 Å². The highest BCUT2D eigenvalue weighted by atomic mass is 14.2. The van der Waals surface area contributed by atoms with Gasteiger partial charge < -0.3 is 0 Å². The molecule has 1 aliphatic carbocycles. The second kappa shape index (κ2) is 2.97. The van der Waals surface area contributed by atoms with Crippen LogP contribution in [0.3, 0.4) is 0 Å². The van der Waals surface area contributed by atoms with Gasteiger partial charge in [0, 0.05) is 0 Å². The third-order valence-corrected chi connectivity index (χ3v) is 2.64. The van der Waals surface area contributed by atoms with Crippen molar-refractivity contribution >= 4 is 7.85 Å². The quantitative estimate of drug-likeness (QED) is 0.547. The van der Waals surface area contributed by atoms with Crippen LogP contribution in [0.4, 0.5) is 0 Å². The van der Waals surface area contributed by atoms with Crippen LogP contribution in [0.5, 0.6) is 0 Å². The van der Waals surface area contributed by atoms with E-state index in [4.69, 9.17) is 7.85 Å². The average Bonchev–Trinajstić information content (AvgIpc) is 2.43. The maximum absolute atomic E-state index is 5.88. The Kier molecular flexibility index (Phi) is 1.96. The number of fused-ring (bicyclic) bond motifs is 1. The highest BCUT2D eigenvalue weighted by Gasteiger charge is 2.16. The van der Waals surface area contributed by atoms with Crippen molar-refractivity contribution < 1.29 is 0 Å². The van der Waals surface area contributed by atoms with E-state index < -0.39 is 0 Å². The molecule has 1 unspecified atom stereocenters. The fraction of sp³-hybridized carbons (Fsp3) is 0.455. The molecular formula is C11H13B. The predicted octanol–water partition coefficient (Wildman–Crippen LogP) is 2.30. The van der Waals surface area contributed by atoms with E-state index in [9.17, 15) is 0 Å². The molecule has 0 spiro atoms. The van der Waals surface area contributed by atoms with Crippen LogP contribution in [-0.2, 0) is 19.3 Å². The summed E-state index contributed by atoms with van der Waals surface area (Å²) in [7, 11) is 5.88. The van der Waals surface area contributed by atoms with Crippen molar-refractivity contribution in [2.75, 3.05) is 0 Å². The summed E-state index contributed by atoms with van der Waals surface area (Å²) in [6.45, 7) is 2.19. The van der Waals surface area contributed by atoms with Crippen molar-refractivity contribution in [1.29, 1.82) is 0 Å². The van der Waals surface area contributed by atoms with Crippen LogP contribution in [0.25, 0.3) is 0 Å². The zero-order valence-electron chi connectivity index (χ0n) is 7.51. The van der Waals surface area contributed by atoms with Crippen LogP contribution in [0.15, 0.2) is 18.2 Å². The molecule has 0 fully saturated rings. The largest absolute Gasteiger partial charge is 0.0708 e. The van der Waals surface area contributed by atoms with Crippen molar-refractivity contribution in [2.24, 2.45) is 0 Å². The van der Waals surface area contributed by atoms with Gasteiger partial charge in [-0.15, -0.1) is 0 Å². The maximum Gasteiger partial charge on any atom is 0.0708 e. The fourth-order valence-electron chi connectivity index (χ4n) is 1.93. The zero-order chi connectivity index (χ0) is 8.55. The number of benzene rings is 1. The lowest BCUT2D eigenvalue weighted by molar-refractivity contribution is 0.905. The number of aryl methyl sites for hydroxylation is 1. The van der Waals surface area contributed by atoms with Crippen LogP contribution >= 0.6 is 0 Å². The second-order valence-corrected chi connectivity index (χ2v) is 3.62. The van der Waals surface area contributed by atoms with Gasteiger partial charge in [-0.05, 0) is 36.0 Å². The van der Waals surface area contributed by atoms with Gasteiger partial charge in [-0.1, -0.05) is 30.9 Å². The molecule has 0 amide bonds. The molecule has 0 saturated heterocycles. The second-order valence-electron chi connectivity index (χ2n) is 3.62. The number of hydrogen-bond donors (Lipinski definition) is 0. The van der Waals surface area contributed by atoms with E-state index in [2.05, 4.69) is 25.1 Å². The summed E-state index contributed by atoms with van der Waals surface area (Å²) in [5.74, 6) is 0.368. The first kappa shape index (κ1) is 7.91. The Bertz CT molecular complexity index is 291. The summed E-state index contributed by atoms with van der Waals surface area (Å²) in [5, 5.41) is 0. The maximum atomic E-state index is 5.88. The summed E-state index contributed by atoms with van der Waals surface area (Å²) in [5.41, 5.74) is 4.37. The van der Waals surface area contributed by atoms with Gasteiger partial charge in [0.1, 0.15) is 0 Å². The molecule has 0 aromatic heterocycles. The van der Waals surface area contributed by atoms with E-state index in [1.165, 1.54) is 16.7 Å². The molecule has 12 heavy (non-hydrogen) atoms. The monoisotopic (exact) mass is 156 g/mol. The van der Waals surface area contributed by atoms with Gasteiger partial charge in [0.05, 0.1) is 7.85 Å². The van der Waals surface area contributed by atoms with Crippen LogP contribution in [0.1, 0.15) is 23.6 Å². The topological polar surface area (TPSA) is 0 Å². The molecule has 1 atom stereocenters. The highest BCUT2D eigenvalue weighted by Crippen LogP contribution is 2.29. The normalized spacial score (nSPS) is 20.9. The van der Waals surface area contributed by atoms with Crippen molar-refractivity contribution in [3.8, 4) is 0 Å². The Morgan fingerprint density at radius 1 is 1.33 bits per heavy atom. The first-order valence-electron chi connectivity index (χ1n) is 4.66. The van der Waals surface area contributed by atoms with Crippen molar-refractivity contribution in [3.05, 3.63) is 34.9 Å². The minimum Gasteiger partial charge on any atom is -0.0694 e. The van der Waals surface area contributed by atoms with E-state index in [0.717, 1.165) is 19.3 Å². The average molecular weight is 156 g/mol. The fourth-order valence-corrected chi connectivity index (χ4v) is 1.93. The molecule has 0 aliphatic heterocycles. The van der Waals surface area contributed by atoms with E-state index in [-0.39, 0.29) is 0 Å². The minimum absolute atomic E-state index is 0.368. The van der Waals surface area contributed by atoms with Gasteiger partial charge >= 0.3 is 0 Å². The van der Waals surface area contributed by atoms with E-state index >= 15 is 0 Å². The molecule has 2 radical (unpaired) electrons. The van der Waals surface area contributed by atoms with E-state index in [1.54, 1.807) is 0 Å². The van der Waals surface area contributed by atoms with Gasteiger partial charge in [0.15, 0.2) is 0 Å². The summed E-state index contributed by atoms with van der Waals surface area (Å²) >= 11 is 0. The molecule has 0 N–H and O–H groups in total. The Balaban J connectivity index is 2.35. The van der Waals surface area contributed by atoms with E-state index in [1.807, 2.05) is 0 Å². The lowest BCUT2D eigenvalue weighted by Crippen LogP contribution is -1.87. The lowest BCUT2D eigenvalue weighted by atomic mass is 9.85. The molecule has 0 bridgehead atoms.